The van der Waals surface area contributed by atoms with Crippen molar-refractivity contribution in [3.8, 4) is 0 Å². The Labute approximate surface area is 103 Å². The van der Waals surface area contributed by atoms with Gasteiger partial charge in [-0.1, -0.05) is 6.92 Å². The summed E-state index contributed by atoms with van der Waals surface area (Å²) in [5.74, 6) is 0.579. The van der Waals surface area contributed by atoms with Crippen LogP contribution in [0.2, 0.25) is 0 Å². The Morgan fingerprint density at radius 1 is 1.65 bits per heavy atom. The Kier molecular flexibility index (Phi) is 5.27. The van der Waals surface area contributed by atoms with Gasteiger partial charge in [0.25, 0.3) is 0 Å². The van der Waals surface area contributed by atoms with Crippen LogP contribution in [0.15, 0.2) is 6.33 Å². The van der Waals surface area contributed by atoms with Gasteiger partial charge in [0.1, 0.15) is 12.2 Å². The van der Waals surface area contributed by atoms with Crippen molar-refractivity contribution >= 4 is 16.8 Å². The molecule has 1 heterocycles. The molecule has 0 fully saturated rings. The smallest absolute Gasteiger partial charge is 0.309 e. The molecular weight excluding hydrogens is 242 g/mol. The van der Waals surface area contributed by atoms with Gasteiger partial charge < -0.3 is 4.74 Å². The lowest BCUT2D eigenvalue weighted by Gasteiger charge is -2.08. The zero-order chi connectivity index (χ0) is 12.8. The summed E-state index contributed by atoms with van der Waals surface area (Å²) in [6.45, 7) is 4.34. The summed E-state index contributed by atoms with van der Waals surface area (Å²) in [5, 5.41) is 4.00. The van der Waals surface area contributed by atoms with Crippen LogP contribution in [0.1, 0.15) is 19.7 Å². The molecule has 0 amide bonds. The fourth-order valence-corrected chi connectivity index (χ4v) is 2.74. The first-order chi connectivity index (χ1) is 8.08. The number of methoxy groups -OCH3 is 1. The van der Waals surface area contributed by atoms with E-state index in [4.69, 9.17) is 0 Å². The van der Waals surface area contributed by atoms with E-state index < -0.39 is 10.8 Å². The largest absolute Gasteiger partial charge is 0.469 e. The predicted octanol–water partition coefficient (Wildman–Crippen LogP) is 0.356. The van der Waals surface area contributed by atoms with Gasteiger partial charge in [-0.15, -0.1) is 0 Å². The van der Waals surface area contributed by atoms with Crippen LogP contribution >= 0.6 is 0 Å². The van der Waals surface area contributed by atoms with Crippen LogP contribution in [0.3, 0.4) is 0 Å². The number of hydrogen-bond donors (Lipinski definition) is 0. The van der Waals surface area contributed by atoms with Crippen LogP contribution in [0, 0.1) is 5.92 Å². The van der Waals surface area contributed by atoms with E-state index in [1.807, 2.05) is 6.92 Å². The van der Waals surface area contributed by atoms with Gasteiger partial charge in [-0.3, -0.25) is 9.00 Å². The summed E-state index contributed by atoms with van der Waals surface area (Å²) in [6.07, 6.45) is 1.44. The molecule has 0 radical (unpaired) electrons. The fraction of sp³-hybridized carbons (Fsp3) is 0.700. The van der Waals surface area contributed by atoms with Crippen molar-refractivity contribution < 1.29 is 13.7 Å². The highest BCUT2D eigenvalue weighted by atomic mass is 32.2. The molecule has 2 atom stereocenters. The highest BCUT2D eigenvalue weighted by Gasteiger charge is 2.18. The maximum Gasteiger partial charge on any atom is 0.309 e. The number of carbonyl (C=O) groups excluding carboxylic acids is 1. The van der Waals surface area contributed by atoms with Crippen LogP contribution in [0.25, 0.3) is 0 Å². The summed E-state index contributed by atoms with van der Waals surface area (Å²) in [5.41, 5.74) is 0. The van der Waals surface area contributed by atoms with Gasteiger partial charge >= 0.3 is 5.97 Å². The van der Waals surface area contributed by atoms with Crippen molar-refractivity contribution in [3.63, 3.8) is 0 Å². The van der Waals surface area contributed by atoms with Gasteiger partial charge in [-0.05, 0) is 6.92 Å². The van der Waals surface area contributed by atoms with E-state index in [0.717, 1.165) is 0 Å². The van der Waals surface area contributed by atoms with E-state index in [2.05, 4.69) is 14.8 Å². The standard InChI is InChI=1S/C10H17N3O3S/c1-4-13-9(11-7-12-13)6-17(15)5-8(2)10(14)16-3/h7-8H,4-6H2,1-3H3. The number of aryl methyl sites for hydroxylation is 1. The molecule has 0 spiro atoms. The molecular formula is C10H17N3O3S. The van der Waals surface area contributed by atoms with Crippen LogP contribution in [-0.4, -0.2) is 37.8 Å². The summed E-state index contributed by atoms with van der Waals surface area (Å²) < 4.78 is 18.1. The average molecular weight is 259 g/mol. The SMILES string of the molecule is CCn1ncnc1CS(=O)CC(C)C(=O)OC. The molecule has 6 nitrogen and oxygen atoms in total. The highest BCUT2D eigenvalue weighted by molar-refractivity contribution is 7.84. The van der Waals surface area contributed by atoms with Gasteiger partial charge in [0.15, 0.2) is 0 Å². The zero-order valence-electron chi connectivity index (χ0n) is 10.3. The number of aromatic nitrogens is 3. The summed E-state index contributed by atoms with van der Waals surface area (Å²) in [6, 6.07) is 0. The van der Waals surface area contributed by atoms with Gasteiger partial charge in [-0.25, -0.2) is 9.67 Å². The lowest BCUT2D eigenvalue weighted by molar-refractivity contribution is -0.144. The number of rotatable bonds is 6. The third-order valence-electron chi connectivity index (χ3n) is 2.32. The third kappa shape index (κ3) is 3.92. The first-order valence-corrected chi connectivity index (χ1v) is 6.86. The Hall–Kier alpha value is -1.24. The van der Waals surface area contributed by atoms with Crippen molar-refractivity contribution in [2.45, 2.75) is 26.1 Å². The normalized spacial score (nSPS) is 14.3. The highest BCUT2D eigenvalue weighted by Crippen LogP contribution is 2.05. The second-order valence-electron chi connectivity index (χ2n) is 3.67. The number of hydrogen-bond acceptors (Lipinski definition) is 5. The quantitative estimate of drug-likeness (QED) is 0.689. The van der Waals surface area contributed by atoms with Crippen LogP contribution in [0.4, 0.5) is 0 Å². The summed E-state index contributed by atoms with van der Waals surface area (Å²) in [7, 11) is 0.191. The summed E-state index contributed by atoms with van der Waals surface area (Å²) >= 11 is 0. The number of ether oxygens (including phenoxy) is 1. The molecule has 0 N–H and O–H groups in total. The van der Waals surface area contributed by atoms with Gasteiger partial charge in [0.05, 0.1) is 18.8 Å². The second kappa shape index (κ2) is 6.48. The molecule has 96 valence electrons. The molecule has 0 aliphatic carbocycles. The average Bonchev–Trinajstić information content (AvgIpc) is 2.74. The first-order valence-electron chi connectivity index (χ1n) is 5.38. The minimum absolute atomic E-state index is 0.281. The van der Waals surface area contributed by atoms with Crippen LogP contribution < -0.4 is 0 Å². The lowest BCUT2D eigenvalue weighted by Crippen LogP contribution is -2.21. The van der Waals surface area contributed by atoms with E-state index >= 15 is 0 Å². The van der Waals surface area contributed by atoms with E-state index in [1.54, 1.807) is 11.6 Å². The molecule has 7 heteroatoms. The molecule has 1 rings (SSSR count). The number of nitrogens with zero attached hydrogens (tertiary/aromatic N) is 3. The zero-order valence-corrected chi connectivity index (χ0v) is 11.1. The Bertz CT molecular complexity index is 405. The Morgan fingerprint density at radius 2 is 2.35 bits per heavy atom. The van der Waals surface area contributed by atoms with E-state index in [1.165, 1.54) is 13.4 Å². The summed E-state index contributed by atoms with van der Waals surface area (Å²) in [4.78, 5) is 15.2. The van der Waals surface area contributed by atoms with Crippen molar-refractivity contribution in [1.82, 2.24) is 14.8 Å². The van der Waals surface area contributed by atoms with Crippen LogP contribution in [0.5, 0.6) is 0 Å². The predicted molar refractivity (Wildman–Crippen MR) is 63.6 cm³/mol. The van der Waals surface area contributed by atoms with Gasteiger partial charge in [0.2, 0.25) is 0 Å². The van der Waals surface area contributed by atoms with Crippen molar-refractivity contribution in [3.05, 3.63) is 12.2 Å². The first kappa shape index (κ1) is 13.8. The number of carbonyl (C=O) groups is 1. The second-order valence-corrected chi connectivity index (χ2v) is 5.17. The monoisotopic (exact) mass is 259 g/mol. The molecule has 0 aromatic carbocycles. The Balaban J connectivity index is 2.53. The van der Waals surface area contributed by atoms with Crippen molar-refractivity contribution in [2.24, 2.45) is 5.92 Å². The maximum atomic E-state index is 11.8. The van der Waals surface area contributed by atoms with E-state index in [-0.39, 0.29) is 17.6 Å². The van der Waals surface area contributed by atoms with Crippen LogP contribution in [-0.2, 0) is 32.6 Å². The molecule has 0 saturated heterocycles. The molecule has 0 aliphatic heterocycles. The lowest BCUT2D eigenvalue weighted by atomic mass is 10.2. The minimum atomic E-state index is -1.14. The fourth-order valence-electron chi connectivity index (χ4n) is 1.42. The third-order valence-corrected chi connectivity index (χ3v) is 3.78. The minimum Gasteiger partial charge on any atom is -0.469 e. The van der Waals surface area contributed by atoms with Gasteiger partial charge in [0, 0.05) is 23.1 Å². The molecule has 1 aromatic heterocycles. The number of esters is 1. The van der Waals surface area contributed by atoms with E-state index in [9.17, 15) is 9.00 Å². The van der Waals surface area contributed by atoms with Crippen molar-refractivity contribution in [2.75, 3.05) is 12.9 Å². The molecule has 2 unspecified atom stereocenters. The Morgan fingerprint density at radius 3 is 2.94 bits per heavy atom. The molecule has 17 heavy (non-hydrogen) atoms. The topological polar surface area (TPSA) is 74.1 Å². The van der Waals surface area contributed by atoms with Gasteiger partial charge in [-0.2, -0.15) is 5.10 Å². The maximum absolute atomic E-state index is 11.8. The molecule has 1 aromatic rings. The molecule has 0 bridgehead atoms. The van der Waals surface area contributed by atoms with E-state index in [0.29, 0.717) is 18.1 Å². The molecule has 0 aliphatic rings. The molecule has 0 saturated carbocycles. The van der Waals surface area contributed by atoms with Crippen molar-refractivity contribution in [1.29, 1.82) is 0 Å².